The molecule has 1 aliphatic rings. The Hall–Kier alpha value is -2.32. The molecule has 26 heavy (non-hydrogen) atoms. The molecule has 1 unspecified atom stereocenters. The van der Waals surface area contributed by atoms with Gasteiger partial charge in [-0.2, -0.15) is 0 Å². The van der Waals surface area contributed by atoms with Crippen LogP contribution in [0.4, 0.5) is 4.79 Å². The van der Waals surface area contributed by atoms with Gasteiger partial charge in [0.25, 0.3) is 0 Å². The van der Waals surface area contributed by atoms with E-state index in [9.17, 15) is 19.2 Å². The molecule has 0 aromatic rings. The molecule has 1 heterocycles. The molecule has 1 atom stereocenters. The molecular formula is C17H30N4O5. The fourth-order valence-corrected chi connectivity index (χ4v) is 2.47. The van der Waals surface area contributed by atoms with E-state index in [-0.39, 0.29) is 55.7 Å². The van der Waals surface area contributed by atoms with Crippen LogP contribution in [0, 0.1) is 5.92 Å². The number of nitrogens with zero attached hydrogens (tertiary/aromatic N) is 1. The van der Waals surface area contributed by atoms with E-state index in [0.717, 1.165) is 0 Å². The molecule has 0 aromatic carbocycles. The third kappa shape index (κ3) is 7.71. The lowest BCUT2D eigenvalue weighted by atomic mass is 10.1. The van der Waals surface area contributed by atoms with Crippen molar-refractivity contribution in [3.05, 3.63) is 0 Å². The number of hydrogen-bond donors (Lipinski definition) is 3. The van der Waals surface area contributed by atoms with Crippen LogP contribution in [0.25, 0.3) is 0 Å². The van der Waals surface area contributed by atoms with Crippen LogP contribution in [-0.4, -0.2) is 66.5 Å². The number of nitrogens with one attached hydrogen (secondary N) is 3. The van der Waals surface area contributed by atoms with Crippen LogP contribution in [0.2, 0.25) is 0 Å². The second-order valence-corrected chi connectivity index (χ2v) is 7.54. The first-order chi connectivity index (χ1) is 12.0. The van der Waals surface area contributed by atoms with Crippen LogP contribution >= 0.6 is 0 Å². The molecule has 0 bridgehead atoms. The monoisotopic (exact) mass is 370 g/mol. The fraction of sp³-hybridized carbons (Fsp3) is 0.765. The fourth-order valence-electron chi connectivity index (χ4n) is 2.47. The lowest BCUT2D eigenvalue weighted by molar-refractivity contribution is -0.129. The average molecular weight is 370 g/mol. The normalized spacial score (nSPS) is 17.2. The number of amides is 4. The standard InChI is InChI=1S/C17H30N4O5/c1-11(2)21-10-12(8-14(21)23)15(24)19-7-6-18-13(22)9-20-16(25)26-17(3,4)5/h11-12H,6-10H2,1-5H3,(H,18,22)(H,19,24)(H,20,25). The summed E-state index contributed by atoms with van der Waals surface area (Å²) < 4.78 is 5.02. The molecule has 1 fully saturated rings. The molecular weight excluding hydrogens is 340 g/mol. The topological polar surface area (TPSA) is 117 Å². The third-order valence-electron chi connectivity index (χ3n) is 3.69. The summed E-state index contributed by atoms with van der Waals surface area (Å²) in [6.45, 7) is 9.73. The lowest BCUT2D eigenvalue weighted by Crippen LogP contribution is -2.43. The molecule has 0 aromatic heterocycles. The van der Waals surface area contributed by atoms with Gasteiger partial charge in [-0.05, 0) is 34.6 Å². The van der Waals surface area contributed by atoms with Crippen molar-refractivity contribution in [2.24, 2.45) is 5.92 Å². The molecule has 9 nitrogen and oxygen atoms in total. The number of likely N-dealkylation sites (tertiary alicyclic amines) is 1. The van der Waals surface area contributed by atoms with E-state index in [1.807, 2.05) is 13.8 Å². The maximum Gasteiger partial charge on any atom is 0.408 e. The third-order valence-corrected chi connectivity index (χ3v) is 3.69. The minimum absolute atomic E-state index is 0.0123. The van der Waals surface area contributed by atoms with Crippen molar-refractivity contribution in [2.45, 2.75) is 52.7 Å². The Morgan fingerprint density at radius 1 is 1.15 bits per heavy atom. The van der Waals surface area contributed by atoms with E-state index in [0.29, 0.717) is 6.54 Å². The zero-order chi connectivity index (χ0) is 19.9. The largest absolute Gasteiger partial charge is 0.444 e. The van der Waals surface area contributed by atoms with Crippen molar-refractivity contribution in [3.63, 3.8) is 0 Å². The van der Waals surface area contributed by atoms with Crippen LogP contribution in [-0.2, 0) is 19.1 Å². The molecule has 0 saturated carbocycles. The highest BCUT2D eigenvalue weighted by atomic mass is 16.6. The van der Waals surface area contributed by atoms with Gasteiger partial charge in [-0.15, -0.1) is 0 Å². The van der Waals surface area contributed by atoms with Gasteiger partial charge in [0.15, 0.2) is 0 Å². The van der Waals surface area contributed by atoms with Crippen LogP contribution in [0.1, 0.15) is 41.0 Å². The molecule has 3 N–H and O–H groups in total. The summed E-state index contributed by atoms with van der Waals surface area (Å²) in [6.07, 6.45) is -0.447. The Bertz CT molecular complexity index is 542. The molecule has 1 rings (SSSR count). The quantitative estimate of drug-likeness (QED) is 0.546. The molecule has 4 amide bonds. The van der Waals surface area contributed by atoms with Crippen molar-refractivity contribution in [1.82, 2.24) is 20.9 Å². The van der Waals surface area contributed by atoms with Gasteiger partial charge in [0.05, 0.1) is 12.5 Å². The number of ether oxygens (including phenoxy) is 1. The van der Waals surface area contributed by atoms with E-state index in [1.165, 1.54) is 0 Å². The highest BCUT2D eigenvalue weighted by Gasteiger charge is 2.35. The van der Waals surface area contributed by atoms with Crippen molar-refractivity contribution < 1.29 is 23.9 Å². The summed E-state index contributed by atoms with van der Waals surface area (Å²) in [6, 6.07) is 0.0806. The minimum atomic E-state index is -0.665. The molecule has 1 saturated heterocycles. The highest BCUT2D eigenvalue weighted by Crippen LogP contribution is 2.19. The highest BCUT2D eigenvalue weighted by molar-refractivity contribution is 5.89. The first kappa shape index (κ1) is 21.7. The lowest BCUT2D eigenvalue weighted by Gasteiger charge is -2.20. The second-order valence-electron chi connectivity index (χ2n) is 7.54. The molecule has 0 spiro atoms. The van der Waals surface area contributed by atoms with Gasteiger partial charge in [-0.3, -0.25) is 14.4 Å². The first-order valence-electron chi connectivity index (χ1n) is 8.80. The smallest absolute Gasteiger partial charge is 0.408 e. The summed E-state index contributed by atoms with van der Waals surface area (Å²) in [5.74, 6) is -0.939. The summed E-state index contributed by atoms with van der Waals surface area (Å²) >= 11 is 0. The zero-order valence-electron chi connectivity index (χ0n) is 16.2. The number of rotatable bonds is 7. The van der Waals surface area contributed by atoms with E-state index >= 15 is 0 Å². The van der Waals surface area contributed by atoms with Crippen molar-refractivity contribution in [3.8, 4) is 0 Å². The Labute approximate surface area is 154 Å². The van der Waals surface area contributed by atoms with Crippen molar-refractivity contribution >= 4 is 23.8 Å². The van der Waals surface area contributed by atoms with Gasteiger partial charge in [-0.1, -0.05) is 0 Å². The molecule has 148 valence electrons. The van der Waals surface area contributed by atoms with Gasteiger partial charge in [0, 0.05) is 32.1 Å². The van der Waals surface area contributed by atoms with Crippen LogP contribution in [0.5, 0.6) is 0 Å². The van der Waals surface area contributed by atoms with Gasteiger partial charge < -0.3 is 25.6 Å². The Balaban J connectivity index is 2.18. The number of hydrogen-bond acceptors (Lipinski definition) is 5. The SMILES string of the molecule is CC(C)N1CC(C(=O)NCCNC(=O)CNC(=O)OC(C)(C)C)CC1=O. The maximum absolute atomic E-state index is 12.1. The number of carbonyl (C=O) groups is 4. The Morgan fingerprint density at radius 2 is 1.77 bits per heavy atom. The molecule has 0 aliphatic carbocycles. The summed E-state index contributed by atoms with van der Waals surface area (Å²) in [5, 5.41) is 7.64. The summed E-state index contributed by atoms with van der Waals surface area (Å²) in [4.78, 5) is 48.6. The number of carbonyl (C=O) groups excluding carboxylic acids is 4. The van der Waals surface area contributed by atoms with Crippen LogP contribution in [0.3, 0.4) is 0 Å². The van der Waals surface area contributed by atoms with Crippen molar-refractivity contribution in [2.75, 3.05) is 26.2 Å². The van der Waals surface area contributed by atoms with E-state index < -0.39 is 11.7 Å². The first-order valence-corrected chi connectivity index (χ1v) is 8.80. The van der Waals surface area contributed by atoms with Crippen LogP contribution in [0.15, 0.2) is 0 Å². The Kier molecular flexibility index (Phi) is 7.85. The maximum atomic E-state index is 12.1. The van der Waals surface area contributed by atoms with Crippen molar-refractivity contribution in [1.29, 1.82) is 0 Å². The average Bonchev–Trinajstić information content (AvgIpc) is 2.90. The number of alkyl carbamates (subject to hydrolysis) is 1. The summed E-state index contributed by atoms with van der Waals surface area (Å²) in [7, 11) is 0. The predicted molar refractivity (Wildman–Crippen MR) is 95.2 cm³/mol. The van der Waals surface area contributed by atoms with Crippen LogP contribution < -0.4 is 16.0 Å². The zero-order valence-corrected chi connectivity index (χ0v) is 16.2. The van der Waals surface area contributed by atoms with Gasteiger partial charge in [-0.25, -0.2) is 4.79 Å². The molecule has 0 radical (unpaired) electrons. The second kappa shape index (κ2) is 9.40. The predicted octanol–water partition coefficient (Wildman–Crippen LogP) is 0.000400. The molecule has 1 aliphatic heterocycles. The molecule has 9 heteroatoms. The Morgan fingerprint density at radius 3 is 2.31 bits per heavy atom. The van der Waals surface area contributed by atoms with Gasteiger partial charge in [0.1, 0.15) is 5.60 Å². The van der Waals surface area contributed by atoms with E-state index in [4.69, 9.17) is 4.74 Å². The van der Waals surface area contributed by atoms with Gasteiger partial charge in [0.2, 0.25) is 17.7 Å². The minimum Gasteiger partial charge on any atom is -0.444 e. The van der Waals surface area contributed by atoms with E-state index in [2.05, 4.69) is 16.0 Å². The van der Waals surface area contributed by atoms with Gasteiger partial charge >= 0.3 is 6.09 Å². The van der Waals surface area contributed by atoms with E-state index in [1.54, 1.807) is 25.7 Å². The summed E-state index contributed by atoms with van der Waals surface area (Å²) in [5.41, 5.74) is -0.627.